The van der Waals surface area contributed by atoms with Crippen LogP contribution in [-0.2, 0) is 6.42 Å². The highest BCUT2D eigenvalue weighted by Gasteiger charge is 2.38. The Morgan fingerprint density at radius 3 is 2.77 bits per heavy atom. The zero-order valence-corrected chi connectivity index (χ0v) is 13.8. The van der Waals surface area contributed by atoms with Crippen molar-refractivity contribution in [2.75, 3.05) is 20.6 Å². The summed E-state index contributed by atoms with van der Waals surface area (Å²) in [5.41, 5.74) is 1.23. The van der Waals surface area contributed by atoms with Gasteiger partial charge in [0.15, 0.2) is 0 Å². The first kappa shape index (κ1) is 15.2. The van der Waals surface area contributed by atoms with Crippen LogP contribution in [0.5, 0.6) is 0 Å². The maximum absolute atomic E-state index is 12.8. The highest BCUT2D eigenvalue weighted by atomic mass is 32.1. The average molecular weight is 315 g/mol. The first-order chi connectivity index (χ1) is 10.7. The molecule has 3 rings (SSSR count). The molecule has 0 saturated carbocycles. The van der Waals surface area contributed by atoms with Gasteiger partial charge in [-0.3, -0.25) is 9.78 Å². The van der Waals surface area contributed by atoms with Crippen LogP contribution >= 0.6 is 11.3 Å². The van der Waals surface area contributed by atoms with Crippen molar-refractivity contribution in [1.29, 1.82) is 0 Å². The highest BCUT2D eigenvalue weighted by molar-refractivity contribution is 7.12. The molecule has 0 aromatic carbocycles. The van der Waals surface area contributed by atoms with Gasteiger partial charge >= 0.3 is 0 Å². The Morgan fingerprint density at radius 2 is 2.14 bits per heavy atom. The number of carbonyl (C=O) groups excluding carboxylic acids is 1. The molecular formula is C17H21N3OS. The van der Waals surface area contributed by atoms with Gasteiger partial charge in [0, 0.05) is 25.0 Å². The Hall–Kier alpha value is -1.72. The maximum Gasteiger partial charge on any atom is 0.264 e. The minimum atomic E-state index is 0.165. The van der Waals surface area contributed by atoms with Crippen LogP contribution in [-0.4, -0.2) is 53.4 Å². The van der Waals surface area contributed by atoms with Crippen molar-refractivity contribution in [1.82, 2.24) is 14.8 Å². The van der Waals surface area contributed by atoms with Crippen LogP contribution in [0.3, 0.4) is 0 Å². The van der Waals surface area contributed by atoms with E-state index in [-0.39, 0.29) is 11.9 Å². The van der Waals surface area contributed by atoms with E-state index in [1.807, 2.05) is 42.0 Å². The fourth-order valence-corrected chi connectivity index (χ4v) is 3.92. The summed E-state index contributed by atoms with van der Waals surface area (Å²) in [6.45, 7) is 0.829. The third kappa shape index (κ3) is 3.05. The van der Waals surface area contributed by atoms with Gasteiger partial charge in [0.25, 0.3) is 5.91 Å². The number of nitrogens with zero attached hydrogens (tertiary/aromatic N) is 3. The minimum absolute atomic E-state index is 0.165. The molecule has 1 fully saturated rings. The van der Waals surface area contributed by atoms with Crippen LogP contribution in [0.2, 0.25) is 0 Å². The number of hydrogen-bond donors (Lipinski definition) is 0. The SMILES string of the molecule is CN(C)[C@@H]1CCN(C(=O)c2cccs2)[C@H]1Cc1ccncc1. The zero-order chi connectivity index (χ0) is 15.5. The number of aromatic nitrogens is 1. The van der Waals surface area contributed by atoms with Crippen molar-refractivity contribution < 1.29 is 4.79 Å². The molecule has 1 saturated heterocycles. The predicted octanol–water partition coefficient (Wildman–Crippen LogP) is 2.53. The summed E-state index contributed by atoms with van der Waals surface area (Å²) < 4.78 is 0. The summed E-state index contributed by atoms with van der Waals surface area (Å²) in [6, 6.07) is 8.55. The normalized spacial score (nSPS) is 21.5. The number of thiophene rings is 1. The third-order valence-corrected chi connectivity index (χ3v) is 5.22. The molecule has 3 heterocycles. The second kappa shape index (κ2) is 6.58. The third-order valence-electron chi connectivity index (χ3n) is 4.36. The number of carbonyl (C=O) groups is 1. The van der Waals surface area contributed by atoms with Gasteiger partial charge in [-0.15, -0.1) is 11.3 Å². The van der Waals surface area contributed by atoms with Crippen LogP contribution < -0.4 is 0 Å². The first-order valence-electron chi connectivity index (χ1n) is 7.56. The van der Waals surface area contributed by atoms with Gasteiger partial charge in [0.05, 0.1) is 10.9 Å². The van der Waals surface area contributed by atoms with Crippen molar-refractivity contribution in [2.45, 2.75) is 24.9 Å². The van der Waals surface area contributed by atoms with E-state index in [1.54, 1.807) is 0 Å². The summed E-state index contributed by atoms with van der Waals surface area (Å²) in [7, 11) is 4.20. The Labute approximate surface area is 135 Å². The van der Waals surface area contributed by atoms with Crippen LogP contribution in [0.4, 0.5) is 0 Å². The molecule has 0 aliphatic carbocycles. The smallest absolute Gasteiger partial charge is 0.264 e. The molecule has 2 atom stereocenters. The number of likely N-dealkylation sites (N-methyl/N-ethyl adjacent to an activating group) is 1. The van der Waals surface area contributed by atoms with Gasteiger partial charge in [-0.05, 0) is 56.1 Å². The lowest BCUT2D eigenvalue weighted by atomic mass is 10.00. The minimum Gasteiger partial charge on any atom is -0.333 e. The molecular weight excluding hydrogens is 294 g/mol. The summed E-state index contributed by atoms with van der Waals surface area (Å²) in [5, 5.41) is 1.96. The number of pyridine rings is 1. The van der Waals surface area contributed by atoms with E-state index in [4.69, 9.17) is 0 Å². The van der Waals surface area contributed by atoms with E-state index in [0.29, 0.717) is 6.04 Å². The topological polar surface area (TPSA) is 36.4 Å². The number of hydrogen-bond acceptors (Lipinski definition) is 4. The number of amides is 1. The molecule has 1 aliphatic rings. The summed E-state index contributed by atoms with van der Waals surface area (Å²) in [6.07, 6.45) is 5.54. The van der Waals surface area contributed by atoms with Crippen LogP contribution in [0, 0.1) is 0 Å². The molecule has 0 N–H and O–H groups in total. The van der Waals surface area contributed by atoms with Crippen LogP contribution in [0.25, 0.3) is 0 Å². The van der Waals surface area contributed by atoms with E-state index >= 15 is 0 Å². The van der Waals surface area contributed by atoms with Crippen molar-refractivity contribution in [2.24, 2.45) is 0 Å². The van der Waals surface area contributed by atoms with Crippen molar-refractivity contribution in [3.63, 3.8) is 0 Å². The van der Waals surface area contributed by atoms with E-state index < -0.39 is 0 Å². The predicted molar refractivity (Wildman–Crippen MR) is 89.2 cm³/mol. The molecule has 2 aromatic heterocycles. The number of likely N-dealkylation sites (tertiary alicyclic amines) is 1. The Morgan fingerprint density at radius 1 is 1.36 bits per heavy atom. The lowest BCUT2D eigenvalue weighted by molar-refractivity contribution is 0.0709. The van der Waals surface area contributed by atoms with E-state index in [0.717, 1.165) is 24.3 Å². The highest BCUT2D eigenvalue weighted by Crippen LogP contribution is 2.27. The molecule has 2 aromatic rings. The molecule has 0 spiro atoms. The standard InChI is InChI=1S/C17H21N3OS/c1-19(2)14-7-10-20(17(21)16-4-3-11-22-16)15(14)12-13-5-8-18-9-6-13/h3-6,8-9,11,14-15H,7,10,12H2,1-2H3/t14-,15+/m1/s1. The van der Waals surface area contributed by atoms with Crippen LogP contribution in [0.1, 0.15) is 21.7 Å². The van der Waals surface area contributed by atoms with E-state index in [1.165, 1.54) is 16.9 Å². The monoisotopic (exact) mass is 315 g/mol. The average Bonchev–Trinajstić information content (AvgIpc) is 3.17. The molecule has 0 bridgehead atoms. The van der Waals surface area contributed by atoms with Gasteiger partial charge in [0.2, 0.25) is 0 Å². The fraction of sp³-hybridized carbons (Fsp3) is 0.412. The molecule has 1 aliphatic heterocycles. The number of rotatable bonds is 4. The lowest BCUT2D eigenvalue weighted by Crippen LogP contribution is -2.45. The van der Waals surface area contributed by atoms with Gasteiger partial charge in [0.1, 0.15) is 0 Å². The molecule has 4 nitrogen and oxygen atoms in total. The molecule has 5 heteroatoms. The van der Waals surface area contributed by atoms with Gasteiger partial charge < -0.3 is 9.80 Å². The first-order valence-corrected chi connectivity index (χ1v) is 8.44. The van der Waals surface area contributed by atoms with Crippen molar-refractivity contribution >= 4 is 17.2 Å². The fourth-order valence-electron chi connectivity index (χ4n) is 3.24. The Kier molecular flexibility index (Phi) is 4.55. The molecule has 116 valence electrons. The Bertz CT molecular complexity index is 612. The molecule has 0 unspecified atom stereocenters. The van der Waals surface area contributed by atoms with Crippen molar-refractivity contribution in [3.05, 3.63) is 52.5 Å². The van der Waals surface area contributed by atoms with Gasteiger partial charge in [-0.2, -0.15) is 0 Å². The Balaban J connectivity index is 1.84. The quantitative estimate of drug-likeness (QED) is 0.870. The lowest BCUT2D eigenvalue weighted by Gasteiger charge is -2.31. The van der Waals surface area contributed by atoms with Crippen molar-refractivity contribution in [3.8, 4) is 0 Å². The summed E-state index contributed by atoms with van der Waals surface area (Å²) in [4.78, 5) is 22.0. The summed E-state index contributed by atoms with van der Waals surface area (Å²) in [5.74, 6) is 0.165. The zero-order valence-electron chi connectivity index (χ0n) is 13.0. The van der Waals surface area contributed by atoms with Crippen LogP contribution in [0.15, 0.2) is 42.0 Å². The molecule has 0 radical (unpaired) electrons. The van der Waals surface area contributed by atoms with Gasteiger partial charge in [-0.1, -0.05) is 6.07 Å². The molecule has 22 heavy (non-hydrogen) atoms. The second-order valence-electron chi connectivity index (χ2n) is 5.92. The van der Waals surface area contributed by atoms with E-state index in [2.05, 4.69) is 28.9 Å². The second-order valence-corrected chi connectivity index (χ2v) is 6.87. The van der Waals surface area contributed by atoms with E-state index in [9.17, 15) is 4.79 Å². The van der Waals surface area contributed by atoms with Gasteiger partial charge in [-0.25, -0.2) is 0 Å². The maximum atomic E-state index is 12.8. The summed E-state index contributed by atoms with van der Waals surface area (Å²) >= 11 is 1.52. The largest absolute Gasteiger partial charge is 0.333 e. The molecule has 1 amide bonds.